The summed E-state index contributed by atoms with van der Waals surface area (Å²) < 4.78 is 16.6. The highest BCUT2D eigenvalue weighted by atomic mass is 16.5. The van der Waals surface area contributed by atoms with E-state index in [4.69, 9.17) is 13.9 Å². The summed E-state index contributed by atoms with van der Waals surface area (Å²) in [4.78, 5) is 20.5. The van der Waals surface area contributed by atoms with Crippen LogP contribution < -0.4 is 14.8 Å². The molecule has 2 heterocycles. The third kappa shape index (κ3) is 4.27. The summed E-state index contributed by atoms with van der Waals surface area (Å²) in [6.07, 6.45) is 1.66. The van der Waals surface area contributed by atoms with Gasteiger partial charge in [-0.25, -0.2) is 9.97 Å². The van der Waals surface area contributed by atoms with E-state index in [2.05, 4.69) is 15.3 Å². The second kappa shape index (κ2) is 7.79. The maximum absolute atomic E-state index is 12.1. The first kappa shape index (κ1) is 17.5. The molecular formula is C21H17N3O4. The molecule has 7 nitrogen and oxygen atoms in total. The third-order valence-electron chi connectivity index (χ3n) is 3.83. The number of oxazole rings is 1. The van der Waals surface area contributed by atoms with Gasteiger partial charge < -0.3 is 19.2 Å². The Bertz CT molecular complexity index is 1090. The molecule has 1 N–H and O–H groups in total. The van der Waals surface area contributed by atoms with Crippen molar-refractivity contribution in [3.05, 3.63) is 72.8 Å². The molecule has 0 aliphatic heterocycles. The van der Waals surface area contributed by atoms with Crippen LogP contribution >= 0.6 is 0 Å². The number of nitrogens with one attached hydrogen (secondary N) is 1. The van der Waals surface area contributed by atoms with Gasteiger partial charge in [-0.1, -0.05) is 6.07 Å². The Labute approximate surface area is 160 Å². The molecule has 28 heavy (non-hydrogen) atoms. The van der Waals surface area contributed by atoms with Gasteiger partial charge in [0.2, 0.25) is 5.88 Å². The number of pyridine rings is 1. The molecule has 4 rings (SSSR count). The molecule has 2 aromatic heterocycles. The number of fused-ring (bicyclic) bond motifs is 1. The predicted octanol–water partition coefficient (Wildman–Crippen LogP) is 4.34. The summed E-state index contributed by atoms with van der Waals surface area (Å²) in [5, 5.41) is 2.78. The van der Waals surface area contributed by atoms with Crippen LogP contribution in [0.5, 0.6) is 17.4 Å². The summed E-state index contributed by atoms with van der Waals surface area (Å²) in [5.41, 5.74) is 2.01. The molecule has 0 atom stereocenters. The van der Waals surface area contributed by atoms with Crippen molar-refractivity contribution in [1.82, 2.24) is 9.97 Å². The van der Waals surface area contributed by atoms with Crippen LogP contribution in [0, 0.1) is 6.92 Å². The number of amides is 1. The summed E-state index contributed by atoms with van der Waals surface area (Å²) in [6.45, 7) is 1.66. The molecule has 0 fully saturated rings. The van der Waals surface area contributed by atoms with Crippen molar-refractivity contribution in [2.45, 2.75) is 6.92 Å². The molecule has 0 aliphatic carbocycles. The van der Waals surface area contributed by atoms with Crippen LogP contribution in [0.1, 0.15) is 5.89 Å². The lowest BCUT2D eigenvalue weighted by Crippen LogP contribution is -2.20. The van der Waals surface area contributed by atoms with Crippen molar-refractivity contribution in [3.63, 3.8) is 0 Å². The van der Waals surface area contributed by atoms with Gasteiger partial charge in [0.15, 0.2) is 18.1 Å². The Balaban J connectivity index is 1.31. The largest absolute Gasteiger partial charge is 0.484 e. The van der Waals surface area contributed by atoms with Crippen molar-refractivity contribution in [2.24, 2.45) is 0 Å². The van der Waals surface area contributed by atoms with Gasteiger partial charge in [0.25, 0.3) is 5.91 Å². The van der Waals surface area contributed by atoms with Gasteiger partial charge in [0.05, 0.1) is 0 Å². The van der Waals surface area contributed by atoms with Crippen LogP contribution in [0.4, 0.5) is 5.69 Å². The van der Waals surface area contributed by atoms with Crippen LogP contribution in [-0.4, -0.2) is 22.5 Å². The molecule has 2 aromatic carbocycles. The van der Waals surface area contributed by atoms with Crippen LogP contribution in [0.2, 0.25) is 0 Å². The molecule has 0 unspecified atom stereocenters. The molecule has 140 valence electrons. The molecule has 0 bridgehead atoms. The highest BCUT2D eigenvalue weighted by Crippen LogP contribution is 2.22. The van der Waals surface area contributed by atoms with Crippen molar-refractivity contribution < 1.29 is 18.7 Å². The molecule has 1 amide bonds. The molecule has 0 radical (unpaired) electrons. The van der Waals surface area contributed by atoms with E-state index in [1.165, 1.54) is 0 Å². The van der Waals surface area contributed by atoms with Gasteiger partial charge in [-0.3, -0.25) is 4.79 Å². The standard InChI is InChI=1S/C21H17N3O4/c1-14-23-18-12-15(5-10-19(18)27-14)24-20(25)13-26-16-6-8-17(9-7-16)28-21-4-2-3-11-22-21/h2-12H,13H2,1H3,(H,24,25). The number of ether oxygens (including phenoxy) is 2. The number of nitrogens with zero attached hydrogens (tertiary/aromatic N) is 2. The SMILES string of the molecule is Cc1nc2cc(NC(=O)COc3ccc(Oc4ccccn4)cc3)ccc2o1. The van der Waals surface area contributed by atoms with Gasteiger partial charge in [0.1, 0.15) is 17.0 Å². The summed E-state index contributed by atoms with van der Waals surface area (Å²) in [6, 6.07) is 17.7. The average molecular weight is 375 g/mol. The number of anilines is 1. The number of rotatable bonds is 6. The fourth-order valence-electron chi connectivity index (χ4n) is 2.60. The van der Waals surface area contributed by atoms with Crippen molar-refractivity contribution in [2.75, 3.05) is 11.9 Å². The number of hydrogen-bond donors (Lipinski definition) is 1. The first-order chi connectivity index (χ1) is 13.7. The average Bonchev–Trinajstić information content (AvgIpc) is 3.07. The van der Waals surface area contributed by atoms with E-state index in [9.17, 15) is 4.79 Å². The lowest BCUT2D eigenvalue weighted by Gasteiger charge is -2.08. The van der Waals surface area contributed by atoms with Gasteiger partial charge >= 0.3 is 0 Å². The Hall–Kier alpha value is -3.87. The Kier molecular flexibility index (Phi) is 4.88. The zero-order chi connectivity index (χ0) is 19.3. The first-order valence-electron chi connectivity index (χ1n) is 8.64. The zero-order valence-electron chi connectivity index (χ0n) is 15.1. The van der Waals surface area contributed by atoms with Crippen molar-refractivity contribution >= 4 is 22.7 Å². The Morgan fingerprint density at radius 3 is 2.68 bits per heavy atom. The Morgan fingerprint density at radius 2 is 1.89 bits per heavy atom. The molecule has 0 spiro atoms. The highest BCUT2D eigenvalue weighted by Gasteiger charge is 2.07. The van der Waals surface area contributed by atoms with Crippen LogP contribution in [0.15, 0.2) is 71.3 Å². The third-order valence-corrected chi connectivity index (χ3v) is 3.83. The molecule has 7 heteroatoms. The summed E-state index contributed by atoms with van der Waals surface area (Å²) in [7, 11) is 0. The lowest BCUT2D eigenvalue weighted by atomic mass is 10.3. The fraction of sp³-hybridized carbons (Fsp3) is 0.0952. The number of benzene rings is 2. The van der Waals surface area contributed by atoms with Crippen LogP contribution in [0.3, 0.4) is 0 Å². The number of hydrogen-bond acceptors (Lipinski definition) is 6. The number of aryl methyl sites for hydroxylation is 1. The van der Waals surface area contributed by atoms with Gasteiger partial charge in [-0.05, 0) is 48.5 Å². The normalized spacial score (nSPS) is 10.6. The lowest BCUT2D eigenvalue weighted by molar-refractivity contribution is -0.118. The van der Waals surface area contributed by atoms with E-state index in [-0.39, 0.29) is 12.5 Å². The molecule has 0 saturated heterocycles. The monoisotopic (exact) mass is 375 g/mol. The van der Waals surface area contributed by atoms with E-state index < -0.39 is 0 Å². The van der Waals surface area contributed by atoms with Gasteiger partial charge in [-0.2, -0.15) is 0 Å². The molecular weight excluding hydrogens is 358 g/mol. The smallest absolute Gasteiger partial charge is 0.262 e. The minimum atomic E-state index is -0.270. The minimum absolute atomic E-state index is 0.115. The summed E-state index contributed by atoms with van der Waals surface area (Å²) >= 11 is 0. The van der Waals surface area contributed by atoms with E-state index >= 15 is 0 Å². The number of carbonyl (C=O) groups excluding carboxylic acids is 1. The number of aromatic nitrogens is 2. The minimum Gasteiger partial charge on any atom is -0.484 e. The van der Waals surface area contributed by atoms with Crippen LogP contribution in [0.25, 0.3) is 11.1 Å². The first-order valence-corrected chi connectivity index (χ1v) is 8.64. The van der Waals surface area contributed by atoms with E-state index in [0.29, 0.717) is 40.1 Å². The molecule has 0 saturated carbocycles. The summed E-state index contributed by atoms with van der Waals surface area (Å²) in [5.74, 6) is 2.01. The van der Waals surface area contributed by atoms with E-state index in [1.807, 2.05) is 12.1 Å². The zero-order valence-corrected chi connectivity index (χ0v) is 15.1. The van der Waals surface area contributed by atoms with Gasteiger partial charge in [-0.15, -0.1) is 0 Å². The fourth-order valence-corrected chi connectivity index (χ4v) is 2.60. The van der Waals surface area contributed by atoms with Crippen LogP contribution in [-0.2, 0) is 4.79 Å². The second-order valence-electron chi connectivity index (χ2n) is 5.99. The Morgan fingerprint density at radius 1 is 1.07 bits per heavy atom. The second-order valence-corrected chi connectivity index (χ2v) is 5.99. The highest BCUT2D eigenvalue weighted by molar-refractivity contribution is 5.93. The quantitative estimate of drug-likeness (QED) is 0.539. The molecule has 4 aromatic rings. The maximum atomic E-state index is 12.1. The van der Waals surface area contributed by atoms with E-state index in [1.54, 1.807) is 61.7 Å². The van der Waals surface area contributed by atoms with Crippen molar-refractivity contribution in [1.29, 1.82) is 0 Å². The van der Waals surface area contributed by atoms with Gasteiger partial charge in [0, 0.05) is 24.9 Å². The van der Waals surface area contributed by atoms with E-state index in [0.717, 1.165) is 0 Å². The number of carbonyl (C=O) groups is 1. The predicted molar refractivity (Wildman–Crippen MR) is 104 cm³/mol. The molecule has 0 aliphatic rings. The van der Waals surface area contributed by atoms with Crippen molar-refractivity contribution in [3.8, 4) is 17.4 Å². The topological polar surface area (TPSA) is 86.5 Å². The maximum Gasteiger partial charge on any atom is 0.262 e.